The fourth-order valence-corrected chi connectivity index (χ4v) is 1.13. The molecule has 0 spiro atoms. The third-order valence-electron chi connectivity index (χ3n) is 1.74. The summed E-state index contributed by atoms with van der Waals surface area (Å²) in [6.07, 6.45) is 0.421. The zero-order valence-electron chi connectivity index (χ0n) is 7.16. The fourth-order valence-electron chi connectivity index (χ4n) is 1.13. The largest absolute Gasteiger partial charge is 0.324 e. The van der Waals surface area contributed by atoms with Crippen LogP contribution in [0.25, 0.3) is 0 Å². The average Bonchev–Trinajstić information content (AvgIpc) is 2.05. The third kappa shape index (κ3) is 2.47. The first kappa shape index (κ1) is 8.94. The summed E-state index contributed by atoms with van der Waals surface area (Å²) in [4.78, 5) is 10.7. The monoisotopic (exact) mass is 163 g/mol. The zero-order valence-corrected chi connectivity index (χ0v) is 7.16. The molecule has 2 heteroatoms. The molecule has 0 aromatic heterocycles. The van der Waals surface area contributed by atoms with Gasteiger partial charge in [0.2, 0.25) is 0 Å². The Balaban J connectivity index is 2.65. The highest BCUT2D eigenvalue weighted by atomic mass is 16.1. The van der Waals surface area contributed by atoms with Crippen LogP contribution in [-0.4, -0.2) is 5.78 Å². The predicted molar refractivity (Wildman–Crippen MR) is 48.7 cm³/mol. The van der Waals surface area contributed by atoms with Gasteiger partial charge in [-0.1, -0.05) is 30.3 Å². The summed E-state index contributed by atoms with van der Waals surface area (Å²) in [5.41, 5.74) is 6.80. The minimum absolute atomic E-state index is 0.131. The Morgan fingerprint density at radius 3 is 2.50 bits per heavy atom. The second-order valence-electron chi connectivity index (χ2n) is 2.92. The van der Waals surface area contributed by atoms with Gasteiger partial charge in [0.05, 0.1) is 0 Å². The van der Waals surface area contributed by atoms with Gasteiger partial charge in [-0.05, 0) is 12.5 Å². The van der Waals surface area contributed by atoms with Crippen molar-refractivity contribution in [2.75, 3.05) is 0 Å². The maximum Gasteiger partial charge on any atom is 0.131 e. The Kier molecular flexibility index (Phi) is 3.00. The first-order chi connectivity index (χ1) is 5.70. The SMILES string of the molecule is CC(=O)C[C@H](N)c1ccccc1. The molecule has 1 atom stereocenters. The smallest absolute Gasteiger partial charge is 0.131 e. The van der Waals surface area contributed by atoms with Gasteiger partial charge in [0.15, 0.2) is 0 Å². The molecule has 2 nitrogen and oxygen atoms in total. The summed E-state index contributed by atoms with van der Waals surface area (Å²) < 4.78 is 0. The van der Waals surface area contributed by atoms with Crippen molar-refractivity contribution in [1.29, 1.82) is 0 Å². The number of ketones is 1. The van der Waals surface area contributed by atoms with Crippen LogP contribution in [0, 0.1) is 0 Å². The van der Waals surface area contributed by atoms with Gasteiger partial charge in [0.25, 0.3) is 0 Å². The van der Waals surface area contributed by atoms with Gasteiger partial charge < -0.3 is 5.73 Å². The van der Waals surface area contributed by atoms with E-state index in [1.165, 1.54) is 0 Å². The lowest BCUT2D eigenvalue weighted by atomic mass is 10.0. The maximum atomic E-state index is 10.7. The molecule has 0 radical (unpaired) electrons. The lowest BCUT2D eigenvalue weighted by molar-refractivity contribution is -0.117. The van der Waals surface area contributed by atoms with Crippen LogP contribution in [0.1, 0.15) is 24.9 Å². The molecule has 0 unspecified atom stereocenters. The lowest BCUT2D eigenvalue weighted by Gasteiger charge is -2.08. The van der Waals surface area contributed by atoms with Crippen LogP contribution in [0.3, 0.4) is 0 Å². The first-order valence-corrected chi connectivity index (χ1v) is 4.00. The van der Waals surface area contributed by atoms with Crippen molar-refractivity contribution < 1.29 is 4.79 Å². The summed E-state index contributed by atoms with van der Waals surface area (Å²) in [5.74, 6) is 0.131. The molecule has 1 aromatic carbocycles. The molecule has 0 aliphatic carbocycles. The Morgan fingerprint density at radius 2 is 2.00 bits per heavy atom. The predicted octanol–water partition coefficient (Wildman–Crippen LogP) is 1.67. The van der Waals surface area contributed by atoms with E-state index < -0.39 is 0 Å². The van der Waals surface area contributed by atoms with Crippen molar-refractivity contribution in [1.82, 2.24) is 0 Å². The summed E-state index contributed by atoms with van der Waals surface area (Å²) >= 11 is 0. The first-order valence-electron chi connectivity index (χ1n) is 4.00. The zero-order chi connectivity index (χ0) is 8.97. The molecule has 0 heterocycles. The number of rotatable bonds is 3. The van der Waals surface area contributed by atoms with Gasteiger partial charge in [-0.3, -0.25) is 4.79 Å². The average molecular weight is 163 g/mol. The molecule has 1 rings (SSSR count). The van der Waals surface area contributed by atoms with E-state index >= 15 is 0 Å². The number of nitrogens with two attached hydrogens (primary N) is 1. The van der Waals surface area contributed by atoms with E-state index in [4.69, 9.17) is 5.73 Å². The van der Waals surface area contributed by atoms with Gasteiger partial charge >= 0.3 is 0 Å². The highest BCUT2D eigenvalue weighted by Gasteiger charge is 2.06. The molecule has 1 aromatic rings. The van der Waals surface area contributed by atoms with Gasteiger partial charge in [-0.25, -0.2) is 0 Å². The molecule has 0 saturated carbocycles. The Hall–Kier alpha value is -1.15. The summed E-state index contributed by atoms with van der Waals surface area (Å²) in [5, 5.41) is 0. The number of Topliss-reactive ketones (excluding diaryl/α,β-unsaturated/α-hetero) is 1. The van der Waals surface area contributed by atoms with Crippen LogP contribution in [0.5, 0.6) is 0 Å². The summed E-state index contributed by atoms with van der Waals surface area (Å²) in [6, 6.07) is 9.51. The summed E-state index contributed by atoms with van der Waals surface area (Å²) in [6.45, 7) is 1.56. The Morgan fingerprint density at radius 1 is 1.42 bits per heavy atom. The molecule has 0 amide bonds. The van der Waals surface area contributed by atoms with Crippen LogP contribution in [0.4, 0.5) is 0 Å². The molecule has 0 aliphatic heterocycles. The van der Waals surface area contributed by atoms with Gasteiger partial charge in [0, 0.05) is 12.5 Å². The van der Waals surface area contributed by atoms with E-state index in [9.17, 15) is 4.79 Å². The quantitative estimate of drug-likeness (QED) is 0.736. The molecule has 0 fully saturated rings. The molecular formula is C10H13NO. The second kappa shape index (κ2) is 4.02. The van der Waals surface area contributed by atoms with E-state index in [2.05, 4.69) is 0 Å². The number of hydrogen-bond acceptors (Lipinski definition) is 2. The second-order valence-corrected chi connectivity index (χ2v) is 2.92. The normalized spacial score (nSPS) is 12.5. The number of benzene rings is 1. The summed E-state index contributed by atoms with van der Waals surface area (Å²) in [7, 11) is 0. The van der Waals surface area contributed by atoms with Crippen molar-refractivity contribution in [2.24, 2.45) is 5.73 Å². The maximum absolute atomic E-state index is 10.7. The minimum Gasteiger partial charge on any atom is -0.324 e. The van der Waals surface area contributed by atoms with Crippen LogP contribution >= 0.6 is 0 Å². The van der Waals surface area contributed by atoms with Crippen molar-refractivity contribution in [2.45, 2.75) is 19.4 Å². The van der Waals surface area contributed by atoms with Crippen LogP contribution < -0.4 is 5.73 Å². The fraction of sp³-hybridized carbons (Fsp3) is 0.300. The molecule has 0 aliphatic rings. The Labute approximate surface area is 72.4 Å². The minimum atomic E-state index is -0.149. The van der Waals surface area contributed by atoms with Gasteiger partial charge in [0.1, 0.15) is 5.78 Å². The van der Waals surface area contributed by atoms with Gasteiger partial charge in [-0.2, -0.15) is 0 Å². The van der Waals surface area contributed by atoms with E-state index in [0.29, 0.717) is 6.42 Å². The van der Waals surface area contributed by atoms with E-state index in [1.807, 2.05) is 30.3 Å². The van der Waals surface area contributed by atoms with Crippen LogP contribution in [-0.2, 0) is 4.79 Å². The molecule has 2 N–H and O–H groups in total. The van der Waals surface area contributed by atoms with Crippen molar-refractivity contribution in [3.63, 3.8) is 0 Å². The molecular weight excluding hydrogens is 150 g/mol. The van der Waals surface area contributed by atoms with E-state index in [0.717, 1.165) is 5.56 Å². The van der Waals surface area contributed by atoms with Crippen molar-refractivity contribution in [3.05, 3.63) is 35.9 Å². The van der Waals surface area contributed by atoms with Crippen LogP contribution in [0.15, 0.2) is 30.3 Å². The lowest BCUT2D eigenvalue weighted by Crippen LogP contribution is -2.13. The van der Waals surface area contributed by atoms with Crippen molar-refractivity contribution in [3.8, 4) is 0 Å². The number of carbonyl (C=O) groups is 1. The molecule has 0 saturated heterocycles. The Bertz CT molecular complexity index is 256. The van der Waals surface area contributed by atoms with Gasteiger partial charge in [-0.15, -0.1) is 0 Å². The topological polar surface area (TPSA) is 43.1 Å². The van der Waals surface area contributed by atoms with E-state index in [-0.39, 0.29) is 11.8 Å². The van der Waals surface area contributed by atoms with E-state index in [1.54, 1.807) is 6.92 Å². The van der Waals surface area contributed by atoms with Crippen molar-refractivity contribution >= 4 is 5.78 Å². The molecule has 0 bridgehead atoms. The number of hydrogen-bond donors (Lipinski definition) is 1. The highest BCUT2D eigenvalue weighted by Crippen LogP contribution is 2.12. The molecule has 64 valence electrons. The third-order valence-corrected chi connectivity index (χ3v) is 1.74. The van der Waals surface area contributed by atoms with Crippen LogP contribution in [0.2, 0.25) is 0 Å². The number of carbonyl (C=O) groups excluding carboxylic acids is 1. The standard InChI is InChI=1S/C10H13NO/c1-8(12)7-10(11)9-5-3-2-4-6-9/h2-6,10H,7,11H2,1H3/t10-/m0/s1. The molecule has 12 heavy (non-hydrogen) atoms. The highest BCUT2D eigenvalue weighted by molar-refractivity contribution is 5.76.